The molecule has 0 atom stereocenters. The van der Waals surface area contributed by atoms with Crippen LogP contribution in [0.2, 0.25) is 0 Å². The molecule has 0 spiro atoms. The second-order valence-corrected chi connectivity index (χ2v) is 5.36. The summed E-state index contributed by atoms with van der Waals surface area (Å²) in [4.78, 5) is 19.6. The lowest BCUT2D eigenvalue weighted by molar-refractivity contribution is -0.123. The molecule has 0 unspecified atom stereocenters. The third-order valence-electron chi connectivity index (χ3n) is 3.27. The first-order valence-electron chi connectivity index (χ1n) is 7.38. The highest BCUT2D eigenvalue weighted by Crippen LogP contribution is 2.18. The molecule has 1 N–H and O–H groups in total. The Kier molecular flexibility index (Phi) is 5.89. The van der Waals surface area contributed by atoms with E-state index in [0.717, 1.165) is 5.56 Å². The van der Waals surface area contributed by atoms with Crippen LogP contribution >= 0.6 is 0 Å². The van der Waals surface area contributed by atoms with Gasteiger partial charge in [-0.3, -0.25) is 4.79 Å². The van der Waals surface area contributed by atoms with Crippen molar-refractivity contribution in [2.75, 3.05) is 13.2 Å². The van der Waals surface area contributed by atoms with Crippen LogP contribution in [0.1, 0.15) is 30.9 Å². The largest absolute Gasteiger partial charge is 0.484 e. The van der Waals surface area contributed by atoms with Gasteiger partial charge in [0.1, 0.15) is 12.1 Å². The van der Waals surface area contributed by atoms with Gasteiger partial charge < -0.3 is 10.1 Å². The van der Waals surface area contributed by atoms with Crippen LogP contribution in [0.5, 0.6) is 5.75 Å². The van der Waals surface area contributed by atoms with Crippen LogP contribution in [0.15, 0.2) is 43.0 Å². The Labute approximate surface area is 130 Å². The molecule has 1 heterocycles. The number of ether oxygens (including phenoxy) is 1. The fraction of sp³-hybridized carbons (Fsp3) is 0.353. The van der Waals surface area contributed by atoms with Gasteiger partial charge >= 0.3 is 0 Å². The van der Waals surface area contributed by atoms with Gasteiger partial charge in [-0.2, -0.15) is 0 Å². The van der Waals surface area contributed by atoms with Crippen molar-refractivity contribution in [1.82, 2.24) is 15.3 Å². The summed E-state index contributed by atoms with van der Waals surface area (Å²) in [5, 5.41) is 2.81. The molecule has 0 bridgehead atoms. The van der Waals surface area contributed by atoms with E-state index in [-0.39, 0.29) is 12.5 Å². The Morgan fingerprint density at radius 1 is 1.18 bits per heavy atom. The van der Waals surface area contributed by atoms with Gasteiger partial charge in [0.05, 0.1) is 0 Å². The van der Waals surface area contributed by atoms with E-state index in [2.05, 4.69) is 29.1 Å². The average Bonchev–Trinajstić information content (AvgIpc) is 2.54. The maximum absolute atomic E-state index is 11.7. The Morgan fingerprint density at radius 2 is 1.86 bits per heavy atom. The molecule has 1 amide bonds. The number of nitrogens with one attached hydrogen (secondary N) is 1. The first kappa shape index (κ1) is 15.9. The van der Waals surface area contributed by atoms with E-state index in [1.165, 1.54) is 11.9 Å². The van der Waals surface area contributed by atoms with Crippen LogP contribution in [-0.2, 0) is 11.2 Å². The Balaban J connectivity index is 1.69. The van der Waals surface area contributed by atoms with Crippen LogP contribution in [0.25, 0.3) is 0 Å². The maximum Gasteiger partial charge on any atom is 0.257 e. The average molecular weight is 299 g/mol. The standard InChI is InChI=1S/C17H21N3O2/c1-13(2)15-3-5-16(6-4-15)22-11-17(21)20-8-7-14-9-18-12-19-10-14/h3-6,9-10,12-13H,7-8,11H2,1-2H3,(H,20,21). The van der Waals surface area contributed by atoms with Crippen LogP contribution in [0.4, 0.5) is 0 Å². The van der Waals surface area contributed by atoms with Gasteiger partial charge in [-0.05, 0) is 35.6 Å². The smallest absolute Gasteiger partial charge is 0.257 e. The molecule has 0 saturated carbocycles. The van der Waals surface area contributed by atoms with Crippen LogP contribution < -0.4 is 10.1 Å². The summed E-state index contributed by atoms with van der Waals surface area (Å²) in [6.07, 6.45) is 5.67. The predicted octanol–water partition coefficient (Wildman–Crippen LogP) is 2.34. The zero-order chi connectivity index (χ0) is 15.8. The third-order valence-corrected chi connectivity index (χ3v) is 3.27. The van der Waals surface area contributed by atoms with Crippen molar-refractivity contribution in [3.05, 3.63) is 54.1 Å². The van der Waals surface area contributed by atoms with E-state index < -0.39 is 0 Å². The molecule has 0 aliphatic rings. The Morgan fingerprint density at radius 3 is 2.50 bits per heavy atom. The van der Waals surface area contributed by atoms with Crippen LogP contribution in [-0.4, -0.2) is 29.0 Å². The summed E-state index contributed by atoms with van der Waals surface area (Å²) >= 11 is 0. The van der Waals surface area contributed by atoms with Gasteiger partial charge in [-0.25, -0.2) is 9.97 Å². The number of hydrogen-bond donors (Lipinski definition) is 1. The van der Waals surface area contributed by atoms with Crippen LogP contribution in [0.3, 0.4) is 0 Å². The topological polar surface area (TPSA) is 64.1 Å². The van der Waals surface area contributed by atoms with Crippen molar-refractivity contribution in [3.63, 3.8) is 0 Å². The number of amides is 1. The van der Waals surface area contributed by atoms with Crippen molar-refractivity contribution in [3.8, 4) is 5.75 Å². The highest BCUT2D eigenvalue weighted by atomic mass is 16.5. The summed E-state index contributed by atoms with van der Waals surface area (Å²) in [5.74, 6) is 1.06. The summed E-state index contributed by atoms with van der Waals surface area (Å²) in [7, 11) is 0. The number of hydrogen-bond acceptors (Lipinski definition) is 4. The number of carbonyl (C=O) groups excluding carboxylic acids is 1. The first-order valence-corrected chi connectivity index (χ1v) is 7.38. The van der Waals surface area contributed by atoms with Crippen molar-refractivity contribution in [1.29, 1.82) is 0 Å². The molecule has 0 aliphatic heterocycles. The molecular weight excluding hydrogens is 278 g/mol. The lowest BCUT2D eigenvalue weighted by Crippen LogP contribution is -2.30. The molecule has 5 nitrogen and oxygen atoms in total. The van der Waals surface area contributed by atoms with Gasteiger partial charge in [0.15, 0.2) is 6.61 Å². The molecule has 0 fully saturated rings. The van der Waals surface area contributed by atoms with Crippen LogP contribution in [0, 0.1) is 0 Å². The maximum atomic E-state index is 11.7. The van der Waals surface area contributed by atoms with Crippen molar-refractivity contribution >= 4 is 5.91 Å². The second-order valence-electron chi connectivity index (χ2n) is 5.36. The summed E-state index contributed by atoms with van der Waals surface area (Å²) in [5.41, 5.74) is 2.25. The molecule has 22 heavy (non-hydrogen) atoms. The van der Waals surface area contributed by atoms with Gasteiger partial charge in [-0.1, -0.05) is 26.0 Å². The molecular formula is C17H21N3O2. The van der Waals surface area contributed by atoms with Gasteiger partial charge in [0.25, 0.3) is 5.91 Å². The fourth-order valence-electron chi connectivity index (χ4n) is 1.95. The van der Waals surface area contributed by atoms with E-state index in [9.17, 15) is 4.79 Å². The van der Waals surface area contributed by atoms with Gasteiger partial charge in [-0.15, -0.1) is 0 Å². The molecule has 1 aromatic carbocycles. The SMILES string of the molecule is CC(C)c1ccc(OCC(=O)NCCc2cncnc2)cc1. The molecule has 0 aliphatic carbocycles. The quantitative estimate of drug-likeness (QED) is 0.852. The monoisotopic (exact) mass is 299 g/mol. The predicted molar refractivity (Wildman–Crippen MR) is 84.8 cm³/mol. The first-order chi connectivity index (χ1) is 10.6. The number of rotatable bonds is 7. The third kappa shape index (κ3) is 5.16. The van der Waals surface area contributed by atoms with Crippen molar-refractivity contribution < 1.29 is 9.53 Å². The fourth-order valence-corrected chi connectivity index (χ4v) is 1.95. The highest BCUT2D eigenvalue weighted by molar-refractivity contribution is 5.77. The minimum Gasteiger partial charge on any atom is -0.484 e. The lowest BCUT2D eigenvalue weighted by Gasteiger charge is -2.09. The molecule has 0 saturated heterocycles. The number of carbonyl (C=O) groups is 1. The van der Waals surface area contributed by atoms with E-state index in [1.807, 2.05) is 24.3 Å². The number of benzene rings is 1. The minimum atomic E-state index is -0.134. The van der Waals surface area contributed by atoms with E-state index in [4.69, 9.17) is 4.74 Å². The molecule has 1 aromatic heterocycles. The van der Waals surface area contributed by atoms with Gasteiger partial charge in [0.2, 0.25) is 0 Å². The van der Waals surface area contributed by atoms with Gasteiger partial charge in [0, 0.05) is 18.9 Å². The zero-order valence-corrected chi connectivity index (χ0v) is 13.0. The summed E-state index contributed by atoms with van der Waals surface area (Å²) in [6, 6.07) is 7.83. The Hall–Kier alpha value is -2.43. The molecule has 5 heteroatoms. The summed E-state index contributed by atoms with van der Waals surface area (Å²) < 4.78 is 5.47. The molecule has 2 aromatic rings. The van der Waals surface area contributed by atoms with E-state index >= 15 is 0 Å². The normalized spacial score (nSPS) is 10.5. The zero-order valence-electron chi connectivity index (χ0n) is 13.0. The van der Waals surface area contributed by atoms with E-state index in [1.54, 1.807) is 12.4 Å². The van der Waals surface area contributed by atoms with E-state index in [0.29, 0.717) is 24.6 Å². The highest BCUT2D eigenvalue weighted by Gasteiger charge is 2.04. The molecule has 116 valence electrons. The molecule has 2 rings (SSSR count). The number of nitrogens with zero attached hydrogens (tertiary/aromatic N) is 2. The minimum absolute atomic E-state index is 0.0202. The van der Waals surface area contributed by atoms with Crippen molar-refractivity contribution in [2.24, 2.45) is 0 Å². The lowest BCUT2D eigenvalue weighted by atomic mass is 10.0. The number of aromatic nitrogens is 2. The molecule has 0 radical (unpaired) electrons. The second kappa shape index (κ2) is 8.12. The van der Waals surface area contributed by atoms with Crippen molar-refractivity contribution in [2.45, 2.75) is 26.2 Å². The Bertz CT molecular complexity index is 583. The summed E-state index contributed by atoms with van der Waals surface area (Å²) in [6.45, 7) is 4.84.